The number of esters is 1. The third-order valence-corrected chi connectivity index (χ3v) is 5.88. The van der Waals surface area contributed by atoms with Gasteiger partial charge in [-0.15, -0.1) is 0 Å². The van der Waals surface area contributed by atoms with E-state index in [1.54, 1.807) is 39.0 Å². The molecule has 1 aliphatic rings. The van der Waals surface area contributed by atoms with Gasteiger partial charge in [-0.2, -0.15) is 0 Å². The molecular formula is C29H32FNO4. The Labute approximate surface area is 205 Å². The highest BCUT2D eigenvalue weighted by molar-refractivity contribution is 5.99. The number of nitrogens with zero attached hydrogens (tertiary/aromatic N) is 1. The fraction of sp³-hybridized carbons (Fsp3) is 0.379. The van der Waals surface area contributed by atoms with Crippen molar-refractivity contribution < 1.29 is 24.1 Å². The van der Waals surface area contributed by atoms with Crippen LogP contribution in [-0.2, 0) is 9.53 Å². The van der Waals surface area contributed by atoms with Gasteiger partial charge in [-0.3, -0.25) is 9.78 Å². The normalized spacial score (nSPS) is 15.9. The first-order chi connectivity index (χ1) is 16.6. The molecule has 0 radical (unpaired) electrons. The summed E-state index contributed by atoms with van der Waals surface area (Å²) in [6.07, 6.45) is 3.39. The molecule has 1 fully saturated rings. The van der Waals surface area contributed by atoms with Crippen LogP contribution >= 0.6 is 0 Å². The lowest BCUT2D eigenvalue weighted by Gasteiger charge is -2.21. The number of hydrogen-bond acceptors (Lipinski definition) is 5. The summed E-state index contributed by atoms with van der Waals surface area (Å²) in [7, 11) is 0. The molecule has 0 aliphatic heterocycles. The minimum absolute atomic E-state index is 0.00139. The fourth-order valence-corrected chi connectivity index (χ4v) is 4.23. The second-order valence-electron chi connectivity index (χ2n) is 10.2. The van der Waals surface area contributed by atoms with Crippen molar-refractivity contribution in [3.63, 3.8) is 0 Å². The zero-order valence-electron chi connectivity index (χ0n) is 20.4. The zero-order valence-corrected chi connectivity index (χ0v) is 20.4. The summed E-state index contributed by atoms with van der Waals surface area (Å²) in [6, 6.07) is 14.3. The van der Waals surface area contributed by atoms with Crippen LogP contribution in [0.1, 0.15) is 63.6 Å². The van der Waals surface area contributed by atoms with Crippen LogP contribution in [-0.4, -0.2) is 39.0 Å². The molecule has 6 heteroatoms. The van der Waals surface area contributed by atoms with Gasteiger partial charge in [0.25, 0.3) is 0 Å². The Morgan fingerprint density at radius 3 is 2.49 bits per heavy atom. The van der Waals surface area contributed by atoms with Crippen LogP contribution in [0.4, 0.5) is 4.39 Å². The number of aromatic nitrogens is 1. The Hall–Kier alpha value is -3.09. The summed E-state index contributed by atoms with van der Waals surface area (Å²) in [6.45, 7) is 5.30. The third kappa shape index (κ3) is 6.53. The van der Waals surface area contributed by atoms with Gasteiger partial charge in [-0.25, -0.2) is 4.39 Å². The van der Waals surface area contributed by atoms with Crippen molar-refractivity contribution in [1.29, 1.82) is 0 Å². The summed E-state index contributed by atoms with van der Waals surface area (Å²) in [5, 5.41) is 21.9. The Kier molecular flexibility index (Phi) is 7.33. The van der Waals surface area contributed by atoms with E-state index in [4.69, 9.17) is 9.72 Å². The molecule has 0 amide bonds. The van der Waals surface area contributed by atoms with Crippen LogP contribution in [0.15, 0.2) is 54.6 Å². The van der Waals surface area contributed by atoms with E-state index in [-0.39, 0.29) is 18.7 Å². The molecule has 184 valence electrons. The molecular weight excluding hydrogens is 445 g/mol. The molecule has 1 saturated carbocycles. The van der Waals surface area contributed by atoms with Crippen LogP contribution in [0.25, 0.3) is 28.1 Å². The predicted octanol–water partition coefficient (Wildman–Crippen LogP) is 5.78. The number of fused-ring (bicyclic) bond motifs is 1. The van der Waals surface area contributed by atoms with E-state index in [0.717, 1.165) is 46.1 Å². The molecule has 4 rings (SSSR count). The van der Waals surface area contributed by atoms with Crippen LogP contribution < -0.4 is 0 Å². The van der Waals surface area contributed by atoms with Crippen LogP contribution in [0.2, 0.25) is 0 Å². The summed E-state index contributed by atoms with van der Waals surface area (Å²) < 4.78 is 18.9. The molecule has 0 spiro atoms. The molecule has 2 aromatic carbocycles. The number of rotatable bonds is 8. The quantitative estimate of drug-likeness (QED) is 0.402. The molecule has 1 aliphatic carbocycles. The Morgan fingerprint density at radius 2 is 1.83 bits per heavy atom. The number of carbonyl (C=O) groups excluding carboxylic acids is 1. The molecule has 2 atom stereocenters. The van der Waals surface area contributed by atoms with Crippen molar-refractivity contribution in [1.82, 2.24) is 4.98 Å². The lowest BCUT2D eigenvalue weighted by atomic mass is 9.92. The van der Waals surface area contributed by atoms with Gasteiger partial charge < -0.3 is 14.9 Å². The molecule has 3 aromatic rings. The van der Waals surface area contributed by atoms with Gasteiger partial charge >= 0.3 is 5.97 Å². The second kappa shape index (κ2) is 10.3. The maximum atomic E-state index is 13.7. The maximum Gasteiger partial charge on any atom is 0.308 e. The van der Waals surface area contributed by atoms with Crippen molar-refractivity contribution in [2.45, 2.75) is 70.2 Å². The first-order valence-electron chi connectivity index (χ1n) is 12.1. The fourth-order valence-electron chi connectivity index (χ4n) is 4.23. The lowest BCUT2D eigenvalue weighted by molar-refractivity contribution is -0.157. The molecule has 0 bridgehead atoms. The largest absolute Gasteiger partial charge is 0.460 e. The van der Waals surface area contributed by atoms with Crippen molar-refractivity contribution in [2.75, 3.05) is 0 Å². The number of aliphatic hydroxyl groups is 2. The number of carbonyl (C=O) groups is 1. The van der Waals surface area contributed by atoms with Crippen LogP contribution in [0.5, 0.6) is 0 Å². The summed E-state index contributed by atoms with van der Waals surface area (Å²) in [4.78, 5) is 16.9. The topological polar surface area (TPSA) is 79.7 Å². The molecule has 1 heterocycles. The van der Waals surface area contributed by atoms with E-state index >= 15 is 0 Å². The highest BCUT2D eigenvalue weighted by atomic mass is 19.1. The van der Waals surface area contributed by atoms with Gasteiger partial charge in [0, 0.05) is 28.9 Å². The Bertz CT molecular complexity index is 1230. The smallest absolute Gasteiger partial charge is 0.308 e. The van der Waals surface area contributed by atoms with Crippen molar-refractivity contribution in [3.8, 4) is 11.1 Å². The first kappa shape index (κ1) is 25.0. The number of pyridine rings is 1. The van der Waals surface area contributed by atoms with Gasteiger partial charge in [0.05, 0.1) is 29.8 Å². The second-order valence-corrected chi connectivity index (χ2v) is 10.2. The highest BCUT2D eigenvalue weighted by Gasteiger charge is 2.29. The monoisotopic (exact) mass is 477 g/mol. The number of aliphatic hydroxyl groups excluding tert-OH is 2. The van der Waals surface area contributed by atoms with Crippen molar-refractivity contribution >= 4 is 22.9 Å². The molecule has 1 aromatic heterocycles. The highest BCUT2D eigenvalue weighted by Crippen LogP contribution is 2.45. The van der Waals surface area contributed by atoms with Gasteiger partial charge in [0.2, 0.25) is 0 Å². The molecule has 0 saturated heterocycles. The molecule has 2 N–H and O–H groups in total. The van der Waals surface area contributed by atoms with E-state index in [1.807, 2.05) is 30.3 Å². The van der Waals surface area contributed by atoms with E-state index in [2.05, 4.69) is 0 Å². The summed E-state index contributed by atoms with van der Waals surface area (Å²) >= 11 is 0. The average Bonchev–Trinajstić information content (AvgIpc) is 3.61. The number of hydrogen-bond donors (Lipinski definition) is 2. The van der Waals surface area contributed by atoms with Gasteiger partial charge in [0.15, 0.2) is 0 Å². The van der Waals surface area contributed by atoms with E-state index < -0.39 is 23.8 Å². The molecule has 5 nitrogen and oxygen atoms in total. The number of benzene rings is 2. The summed E-state index contributed by atoms with van der Waals surface area (Å²) in [5.41, 5.74) is 3.90. The lowest BCUT2D eigenvalue weighted by Crippen LogP contribution is -2.27. The van der Waals surface area contributed by atoms with Crippen molar-refractivity contribution in [2.24, 2.45) is 0 Å². The first-order valence-corrected chi connectivity index (χ1v) is 12.1. The minimum Gasteiger partial charge on any atom is -0.460 e. The van der Waals surface area contributed by atoms with E-state index in [1.165, 1.54) is 12.1 Å². The molecule has 2 unspecified atom stereocenters. The van der Waals surface area contributed by atoms with E-state index in [0.29, 0.717) is 5.92 Å². The standard InChI is InChI=1S/C29H32FNO4/c1-29(2,3)35-26(34)17-22(33)16-21(32)14-15-24-27(18-10-12-20(30)13-11-18)23-6-4-5-7-25(23)31-28(24)19-8-9-19/h4-7,10-15,19,21-22,32-33H,8-9,16-17H2,1-3H3. The van der Waals surface area contributed by atoms with Gasteiger partial charge in [-0.05, 0) is 57.4 Å². The minimum atomic E-state index is -1.03. The summed E-state index contributed by atoms with van der Waals surface area (Å²) in [5.74, 6) is -0.469. The third-order valence-electron chi connectivity index (χ3n) is 5.88. The van der Waals surface area contributed by atoms with Crippen molar-refractivity contribution in [3.05, 3.63) is 71.7 Å². The number of para-hydroxylation sites is 1. The van der Waals surface area contributed by atoms with E-state index in [9.17, 15) is 19.4 Å². The van der Waals surface area contributed by atoms with Gasteiger partial charge in [-0.1, -0.05) is 42.5 Å². The van der Waals surface area contributed by atoms with Gasteiger partial charge in [0.1, 0.15) is 11.4 Å². The predicted molar refractivity (Wildman–Crippen MR) is 135 cm³/mol. The Morgan fingerprint density at radius 1 is 1.14 bits per heavy atom. The number of ether oxygens (including phenoxy) is 1. The zero-order chi connectivity index (χ0) is 25.2. The van der Waals surface area contributed by atoms with Crippen LogP contribution in [0, 0.1) is 5.82 Å². The van der Waals surface area contributed by atoms with Crippen LogP contribution in [0.3, 0.4) is 0 Å². The maximum absolute atomic E-state index is 13.7. The Balaban J connectivity index is 1.64. The average molecular weight is 478 g/mol. The SMILES string of the molecule is CC(C)(C)OC(=O)CC(O)CC(O)C=Cc1c(C2CC2)nc2ccccc2c1-c1ccc(F)cc1. The molecule has 35 heavy (non-hydrogen) atoms. The number of halogens is 1.